The molecule has 0 aliphatic heterocycles. The third kappa shape index (κ3) is 5.46. The zero-order chi connectivity index (χ0) is 23.4. The zero-order valence-electron chi connectivity index (χ0n) is 18.5. The van der Waals surface area contributed by atoms with Crippen molar-refractivity contribution >= 4 is 12.3 Å². The van der Waals surface area contributed by atoms with E-state index in [9.17, 15) is 9.59 Å². The van der Waals surface area contributed by atoms with Gasteiger partial charge in [0.1, 0.15) is 17.1 Å². The normalized spacial score (nSPS) is 11.5. The van der Waals surface area contributed by atoms with Gasteiger partial charge in [0, 0.05) is 5.41 Å². The molecule has 1 N–H and O–H groups in total. The maximum Gasteiger partial charge on any atom is 0.514 e. The highest BCUT2D eigenvalue weighted by Gasteiger charge is 2.28. The van der Waals surface area contributed by atoms with Crippen LogP contribution in [0.4, 0.5) is 9.59 Å². The molecule has 0 atom stereocenters. The molecule has 32 heavy (non-hydrogen) atoms. The number of benzene rings is 3. The summed E-state index contributed by atoms with van der Waals surface area (Å²) in [5, 5.41) is 8.73. The van der Waals surface area contributed by atoms with Crippen LogP contribution in [0.5, 0.6) is 11.5 Å². The van der Waals surface area contributed by atoms with Gasteiger partial charge in [0.2, 0.25) is 0 Å². The van der Waals surface area contributed by atoms with Crippen LogP contribution in [0.3, 0.4) is 0 Å². The Labute approximate surface area is 187 Å². The summed E-state index contributed by atoms with van der Waals surface area (Å²) in [5.41, 5.74) is 1.66. The quantitative estimate of drug-likeness (QED) is 0.351. The number of carbonyl (C=O) groups excluding carboxylic acids is 1. The average molecular weight is 434 g/mol. The fraction of sp³-hybridized carbons (Fsp3) is 0.231. The first kappa shape index (κ1) is 22.9. The summed E-state index contributed by atoms with van der Waals surface area (Å²) in [7, 11) is 0. The number of carboxylic acid groups (broad SMARTS) is 1. The minimum atomic E-state index is -1.34. The van der Waals surface area contributed by atoms with E-state index in [0.717, 1.165) is 16.7 Å². The molecule has 0 amide bonds. The summed E-state index contributed by atoms with van der Waals surface area (Å²) in [5.74, 6) is 0.693. The molecule has 0 bridgehead atoms. The van der Waals surface area contributed by atoms with Crippen LogP contribution in [0.2, 0.25) is 0 Å². The Hall–Kier alpha value is -3.80. The Balaban J connectivity index is 1.72. The minimum absolute atomic E-state index is 0.272. The summed E-state index contributed by atoms with van der Waals surface area (Å²) < 4.78 is 15.5. The highest BCUT2D eigenvalue weighted by Crippen LogP contribution is 2.34. The molecule has 0 radical (unpaired) electrons. The van der Waals surface area contributed by atoms with Crippen molar-refractivity contribution in [2.45, 2.75) is 38.7 Å². The van der Waals surface area contributed by atoms with Gasteiger partial charge in [-0.2, -0.15) is 0 Å². The Bertz CT molecular complexity index is 1070. The Morgan fingerprint density at radius 1 is 0.656 bits per heavy atom. The fourth-order valence-corrected chi connectivity index (χ4v) is 3.37. The molecule has 0 fully saturated rings. The van der Waals surface area contributed by atoms with Gasteiger partial charge in [0.15, 0.2) is 0 Å². The number of para-hydroxylation sites is 1. The summed E-state index contributed by atoms with van der Waals surface area (Å²) >= 11 is 0. The molecule has 0 saturated carbocycles. The van der Waals surface area contributed by atoms with Gasteiger partial charge in [-0.1, -0.05) is 68.4 Å². The van der Waals surface area contributed by atoms with E-state index in [1.165, 1.54) is 0 Å². The lowest BCUT2D eigenvalue weighted by Crippen LogP contribution is -2.27. The van der Waals surface area contributed by atoms with Crippen LogP contribution in [0.15, 0.2) is 78.9 Å². The molecule has 0 aliphatic carbocycles. The molecule has 0 aromatic heterocycles. The second-order valence-electron chi connectivity index (χ2n) is 8.37. The van der Waals surface area contributed by atoms with E-state index in [-0.39, 0.29) is 11.2 Å². The van der Waals surface area contributed by atoms with E-state index >= 15 is 0 Å². The maximum atomic E-state index is 12.2. The van der Waals surface area contributed by atoms with Crippen LogP contribution >= 0.6 is 0 Å². The smallest absolute Gasteiger partial charge is 0.449 e. The predicted octanol–water partition coefficient (Wildman–Crippen LogP) is 6.52. The number of hydrogen-bond acceptors (Lipinski definition) is 5. The number of hydrogen-bond donors (Lipinski definition) is 1. The van der Waals surface area contributed by atoms with Gasteiger partial charge in [0.25, 0.3) is 0 Å². The van der Waals surface area contributed by atoms with Crippen molar-refractivity contribution in [1.82, 2.24) is 0 Å². The van der Waals surface area contributed by atoms with Crippen molar-refractivity contribution in [1.29, 1.82) is 0 Å². The van der Waals surface area contributed by atoms with Crippen molar-refractivity contribution in [3.8, 4) is 11.5 Å². The van der Waals surface area contributed by atoms with Gasteiger partial charge in [-0.3, -0.25) is 0 Å². The van der Waals surface area contributed by atoms with Crippen LogP contribution in [0.25, 0.3) is 0 Å². The lowest BCUT2D eigenvalue weighted by atomic mass is 9.77. The largest absolute Gasteiger partial charge is 0.514 e. The van der Waals surface area contributed by atoms with Crippen LogP contribution in [-0.4, -0.2) is 17.4 Å². The standard InChI is InChI=1S/C26H26O6/c1-25(2,19-14-16-22(17-15-19)30-23(27)28)18-10-12-20(13-11-18)26(3,4)32-24(29)31-21-8-6-5-7-9-21/h5-17H,1-4H3,(H,27,28). The lowest BCUT2D eigenvalue weighted by Gasteiger charge is -2.29. The second kappa shape index (κ2) is 9.14. The van der Waals surface area contributed by atoms with Gasteiger partial charge in [-0.05, 0) is 54.8 Å². The van der Waals surface area contributed by atoms with Crippen molar-refractivity contribution in [3.63, 3.8) is 0 Å². The van der Waals surface area contributed by atoms with Gasteiger partial charge in [-0.15, -0.1) is 0 Å². The summed E-state index contributed by atoms with van der Waals surface area (Å²) in [6, 6.07) is 23.6. The number of ether oxygens (including phenoxy) is 3. The summed E-state index contributed by atoms with van der Waals surface area (Å²) in [6.45, 7) is 7.77. The Kier molecular flexibility index (Phi) is 6.53. The molecule has 0 unspecified atom stereocenters. The average Bonchev–Trinajstić information content (AvgIpc) is 2.74. The van der Waals surface area contributed by atoms with Crippen LogP contribution in [-0.2, 0) is 15.8 Å². The minimum Gasteiger partial charge on any atom is -0.449 e. The first-order chi connectivity index (χ1) is 15.1. The topological polar surface area (TPSA) is 82.1 Å². The van der Waals surface area contributed by atoms with Gasteiger partial charge in [-0.25, -0.2) is 9.59 Å². The number of rotatable bonds is 6. The van der Waals surface area contributed by atoms with Crippen molar-refractivity contribution < 1.29 is 28.9 Å². The monoisotopic (exact) mass is 434 g/mol. The molecule has 0 spiro atoms. The molecular formula is C26H26O6. The first-order valence-corrected chi connectivity index (χ1v) is 10.2. The summed E-state index contributed by atoms with van der Waals surface area (Å²) in [4.78, 5) is 22.9. The molecule has 6 nitrogen and oxygen atoms in total. The second-order valence-corrected chi connectivity index (χ2v) is 8.37. The van der Waals surface area contributed by atoms with E-state index in [1.54, 1.807) is 50.2 Å². The third-order valence-electron chi connectivity index (χ3n) is 5.37. The van der Waals surface area contributed by atoms with Gasteiger partial charge in [0.05, 0.1) is 0 Å². The van der Waals surface area contributed by atoms with Crippen molar-refractivity contribution in [3.05, 3.63) is 95.6 Å². The summed E-state index contributed by atoms with van der Waals surface area (Å²) in [6.07, 6.45) is -2.11. The van der Waals surface area contributed by atoms with Crippen molar-refractivity contribution in [2.24, 2.45) is 0 Å². The Morgan fingerprint density at radius 3 is 1.66 bits per heavy atom. The molecule has 0 saturated heterocycles. The van der Waals surface area contributed by atoms with E-state index in [0.29, 0.717) is 5.75 Å². The fourth-order valence-electron chi connectivity index (χ4n) is 3.37. The molecule has 3 aromatic carbocycles. The predicted molar refractivity (Wildman–Crippen MR) is 120 cm³/mol. The highest BCUT2D eigenvalue weighted by atomic mass is 16.7. The van der Waals surface area contributed by atoms with Crippen LogP contribution in [0.1, 0.15) is 44.4 Å². The molecule has 166 valence electrons. The van der Waals surface area contributed by atoms with Crippen molar-refractivity contribution in [2.75, 3.05) is 0 Å². The molecule has 6 heteroatoms. The molecule has 3 rings (SSSR count). The molecule has 3 aromatic rings. The van der Waals surface area contributed by atoms with E-state index < -0.39 is 17.9 Å². The Morgan fingerprint density at radius 2 is 1.12 bits per heavy atom. The van der Waals surface area contributed by atoms with E-state index in [4.69, 9.17) is 14.6 Å². The SMILES string of the molecule is CC(C)(OC(=O)Oc1ccccc1)c1ccc(C(C)(C)c2ccc(OC(=O)O)cc2)cc1. The number of carbonyl (C=O) groups is 2. The molecule has 0 heterocycles. The van der Waals surface area contributed by atoms with Crippen LogP contribution < -0.4 is 9.47 Å². The molecule has 0 aliphatic rings. The van der Waals surface area contributed by atoms with E-state index in [1.807, 2.05) is 42.5 Å². The first-order valence-electron chi connectivity index (χ1n) is 10.2. The zero-order valence-corrected chi connectivity index (χ0v) is 18.5. The van der Waals surface area contributed by atoms with Gasteiger partial charge >= 0.3 is 12.3 Å². The maximum absolute atomic E-state index is 12.2. The van der Waals surface area contributed by atoms with Gasteiger partial charge < -0.3 is 19.3 Å². The third-order valence-corrected chi connectivity index (χ3v) is 5.37. The van der Waals surface area contributed by atoms with E-state index in [2.05, 4.69) is 18.6 Å². The lowest BCUT2D eigenvalue weighted by molar-refractivity contribution is 0.00634. The highest BCUT2D eigenvalue weighted by molar-refractivity contribution is 5.64. The van der Waals surface area contributed by atoms with Crippen LogP contribution in [0, 0.1) is 0 Å². The molecular weight excluding hydrogens is 408 g/mol.